The molecule has 8 nitrogen and oxygen atoms in total. The van der Waals surface area contributed by atoms with Gasteiger partial charge in [-0.3, -0.25) is 9.59 Å². The van der Waals surface area contributed by atoms with Crippen molar-refractivity contribution in [1.29, 1.82) is 0 Å². The Hall–Kier alpha value is -1.06. The van der Waals surface area contributed by atoms with Crippen molar-refractivity contribution in [1.82, 2.24) is 10.6 Å². The van der Waals surface area contributed by atoms with E-state index < -0.39 is 0 Å². The molecule has 0 aliphatic carbocycles. The van der Waals surface area contributed by atoms with Crippen molar-refractivity contribution in [3.05, 3.63) is 0 Å². The van der Waals surface area contributed by atoms with E-state index >= 15 is 0 Å². The van der Waals surface area contributed by atoms with Crippen LogP contribution in [0.15, 0.2) is 0 Å². The van der Waals surface area contributed by atoms with Crippen LogP contribution in [0.5, 0.6) is 0 Å². The Bertz CT molecular complexity index is 328. The lowest BCUT2D eigenvalue weighted by atomic mass is 10.3. The van der Waals surface area contributed by atoms with Crippen molar-refractivity contribution in [2.24, 2.45) is 0 Å². The van der Waals surface area contributed by atoms with Crippen LogP contribution in [0.3, 0.4) is 0 Å². The van der Waals surface area contributed by atoms with E-state index in [2.05, 4.69) is 10.6 Å². The average molecular weight is 348 g/mol. The Labute approximate surface area is 144 Å². The molecule has 0 aromatic heterocycles. The fourth-order valence-electron chi connectivity index (χ4n) is 1.61. The highest BCUT2D eigenvalue weighted by Gasteiger charge is 2.04. The number of carbonyl (C=O) groups excluding carboxylic acids is 2. The number of ketones is 1. The molecule has 1 atom stereocenters. The first-order chi connectivity index (χ1) is 11.6. The number of ether oxygens (including phenoxy) is 4. The fourth-order valence-corrected chi connectivity index (χ4v) is 1.61. The Morgan fingerprint density at radius 2 is 1.62 bits per heavy atom. The average Bonchev–Trinajstić information content (AvgIpc) is 2.54. The molecule has 0 saturated heterocycles. The molecule has 24 heavy (non-hydrogen) atoms. The Morgan fingerprint density at radius 1 is 0.917 bits per heavy atom. The van der Waals surface area contributed by atoms with Gasteiger partial charge in [-0.1, -0.05) is 0 Å². The summed E-state index contributed by atoms with van der Waals surface area (Å²) in [5.74, 6) is -0.184. The highest BCUT2D eigenvalue weighted by molar-refractivity contribution is 5.77. The van der Waals surface area contributed by atoms with Gasteiger partial charge in [0.15, 0.2) is 5.78 Å². The molecule has 0 saturated carbocycles. The number of Topliss-reactive ketones (excluding diaryl/α,β-unsaturated/α-hetero) is 1. The zero-order valence-electron chi connectivity index (χ0n) is 15.1. The lowest BCUT2D eigenvalue weighted by molar-refractivity contribution is -0.126. The van der Waals surface area contributed by atoms with Crippen LogP contribution in [-0.4, -0.2) is 84.2 Å². The van der Waals surface area contributed by atoms with Crippen LogP contribution in [0.2, 0.25) is 0 Å². The van der Waals surface area contributed by atoms with Gasteiger partial charge in [0.1, 0.15) is 13.2 Å². The van der Waals surface area contributed by atoms with Crippen molar-refractivity contribution < 1.29 is 28.5 Å². The summed E-state index contributed by atoms with van der Waals surface area (Å²) in [6.45, 7) is 7.13. The maximum Gasteiger partial charge on any atom is 0.246 e. The summed E-state index contributed by atoms with van der Waals surface area (Å²) in [5, 5.41) is 5.71. The van der Waals surface area contributed by atoms with Crippen molar-refractivity contribution in [3.63, 3.8) is 0 Å². The highest BCUT2D eigenvalue weighted by Crippen LogP contribution is 1.97. The van der Waals surface area contributed by atoms with Gasteiger partial charge in [-0.05, 0) is 27.3 Å². The molecular formula is C16H32N2O6. The minimum atomic E-state index is -0.171. The maximum absolute atomic E-state index is 11.5. The molecule has 0 aromatic carbocycles. The molecule has 0 fully saturated rings. The number of hydrogen-bond donors (Lipinski definition) is 2. The van der Waals surface area contributed by atoms with E-state index in [1.54, 1.807) is 0 Å². The predicted molar refractivity (Wildman–Crippen MR) is 90.1 cm³/mol. The van der Waals surface area contributed by atoms with Crippen molar-refractivity contribution in [2.45, 2.75) is 26.4 Å². The molecule has 2 N–H and O–H groups in total. The van der Waals surface area contributed by atoms with Gasteiger partial charge in [-0.15, -0.1) is 0 Å². The standard InChI is InChI=1S/C16H32N2O6/c1-14(19)12-23-11-10-21-8-6-18-16(20)13-22-7-4-15(2)24-9-5-17-3/h15,17H,4-13H2,1-3H3,(H,18,20). The van der Waals surface area contributed by atoms with Gasteiger partial charge in [-0.2, -0.15) is 0 Å². The van der Waals surface area contributed by atoms with Gasteiger partial charge < -0.3 is 29.6 Å². The quantitative estimate of drug-likeness (QED) is 0.350. The van der Waals surface area contributed by atoms with Crippen LogP contribution < -0.4 is 10.6 Å². The van der Waals surface area contributed by atoms with Gasteiger partial charge in [0.2, 0.25) is 5.91 Å². The molecule has 0 heterocycles. The largest absolute Gasteiger partial charge is 0.377 e. The highest BCUT2D eigenvalue weighted by atomic mass is 16.5. The minimum Gasteiger partial charge on any atom is -0.377 e. The first kappa shape index (κ1) is 22.9. The van der Waals surface area contributed by atoms with E-state index in [0.29, 0.717) is 39.6 Å². The molecule has 1 amide bonds. The van der Waals surface area contributed by atoms with Gasteiger partial charge in [-0.25, -0.2) is 0 Å². The second kappa shape index (κ2) is 16.8. The molecule has 0 aromatic rings. The fraction of sp³-hybridized carbons (Fsp3) is 0.875. The molecule has 0 aliphatic heterocycles. The van der Waals surface area contributed by atoms with Crippen LogP contribution in [0.1, 0.15) is 20.3 Å². The van der Waals surface area contributed by atoms with E-state index in [-0.39, 0.29) is 31.0 Å². The Kier molecular flexibility index (Phi) is 16.0. The molecule has 1 unspecified atom stereocenters. The summed E-state index contributed by atoms with van der Waals surface area (Å²) < 4.78 is 21.1. The van der Waals surface area contributed by atoms with Crippen molar-refractivity contribution >= 4 is 11.7 Å². The lowest BCUT2D eigenvalue weighted by Gasteiger charge is -2.13. The number of rotatable bonds is 17. The molecular weight excluding hydrogens is 316 g/mol. The second-order valence-electron chi connectivity index (χ2n) is 5.34. The van der Waals surface area contributed by atoms with E-state index in [9.17, 15) is 9.59 Å². The third-order valence-electron chi connectivity index (χ3n) is 2.90. The van der Waals surface area contributed by atoms with Gasteiger partial charge in [0.05, 0.1) is 32.5 Å². The normalized spacial score (nSPS) is 12.1. The third kappa shape index (κ3) is 17.3. The maximum atomic E-state index is 11.5. The monoisotopic (exact) mass is 348 g/mol. The van der Waals surface area contributed by atoms with Crippen LogP contribution in [0.4, 0.5) is 0 Å². The van der Waals surface area contributed by atoms with Gasteiger partial charge >= 0.3 is 0 Å². The second-order valence-corrected chi connectivity index (χ2v) is 5.34. The third-order valence-corrected chi connectivity index (χ3v) is 2.90. The number of amides is 1. The molecule has 8 heteroatoms. The predicted octanol–water partition coefficient (Wildman–Crippen LogP) is -0.244. The van der Waals surface area contributed by atoms with E-state index in [0.717, 1.165) is 13.0 Å². The number of hydrogen-bond acceptors (Lipinski definition) is 7. The Balaban J connectivity index is 3.30. The van der Waals surface area contributed by atoms with Crippen LogP contribution in [0.25, 0.3) is 0 Å². The number of nitrogens with one attached hydrogen (secondary N) is 2. The zero-order chi connectivity index (χ0) is 18.0. The van der Waals surface area contributed by atoms with Crippen LogP contribution in [0, 0.1) is 0 Å². The lowest BCUT2D eigenvalue weighted by Crippen LogP contribution is -2.31. The molecule has 0 radical (unpaired) electrons. The molecule has 0 spiro atoms. The van der Waals surface area contributed by atoms with Gasteiger partial charge in [0, 0.05) is 19.7 Å². The molecule has 0 bridgehead atoms. The summed E-state index contributed by atoms with van der Waals surface area (Å²) in [6.07, 6.45) is 0.862. The van der Waals surface area contributed by atoms with Crippen LogP contribution >= 0.6 is 0 Å². The topological polar surface area (TPSA) is 95.1 Å². The first-order valence-electron chi connectivity index (χ1n) is 8.31. The van der Waals surface area contributed by atoms with E-state index in [4.69, 9.17) is 18.9 Å². The molecule has 0 rings (SSSR count). The number of likely N-dealkylation sites (N-methyl/N-ethyl adjacent to an activating group) is 1. The van der Waals surface area contributed by atoms with Crippen LogP contribution in [-0.2, 0) is 28.5 Å². The molecule has 0 aliphatic rings. The SMILES string of the molecule is CNCCOC(C)CCOCC(=O)NCCOCCOCC(C)=O. The summed E-state index contributed by atoms with van der Waals surface area (Å²) in [7, 11) is 1.88. The molecule has 142 valence electrons. The number of carbonyl (C=O) groups is 2. The van der Waals surface area contributed by atoms with Crippen molar-refractivity contribution in [2.75, 3.05) is 66.4 Å². The van der Waals surface area contributed by atoms with Gasteiger partial charge in [0.25, 0.3) is 0 Å². The summed E-state index contributed by atoms with van der Waals surface area (Å²) in [4.78, 5) is 22.1. The smallest absolute Gasteiger partial charge is 0.246 e. The zero-order valence-corrected chi connectivity index (χ0v) is 15.1. The Morgan fingerprint density at radius 3 is 2.33 bits per heavy atom. The summed E-state index contributed by atoms with van der Waals surface area (Å²) >= 11 is 0. The van der Waals surface area contributed by atoms with E-state index in [1.807, 2.05) is 14.0 Å². The summed E-state index contributed by atoms with van der Waals surface area (Å²) in [6, 6.07) is 0. The summed E-state index contributed by atoms with van der Waals surface area (Å²) in [5.41, 5.74) is 0. The van der Waals surface area contributed by atoms with E-state index in [1.165, 1.54) is 6.92 Å². The first-order valence-corrected chi connectivity index (χ1v) is 8.31. The minimum absolute atomic E-state index is 0.0128. The van der Waals surface area contributed by atoms with Crippen molar-refractivity contribution in [3.8, 4) is 0 Å².